The number of hydrogen-bond acceptors (Lipinski definition) is 3. The Labute approximate surface area is 144 Å². The molecule has 1 aliphatic carbocycles. The van der Waals surface area contributed by atoms with Gasteiger partial charge in [-0.1, -0.05) is 49.6 Å². The van der Waals surface area contributed by atoms with Gasteiger partial charge in [-0.05, 0) is 18.4 Å². The van der Waals surface area contributed by atoms with Crippen LogP contribution >= 0.6 is 0 Å². The number of carbonyl (C=O) groups excluding carboxylic acids is 2. The van der Waals surface area contributed by atoms with Gasteiger partial charge < -0.3 is 15.3 Å². The maximum absolute atomic E-state index is 12.0. The smallest absolute Gasteiger partial charge is 0.221 e. The number of benzene rings is 1. The molecule has 24 heavy (non-hydrogen) atoms. The van der Waals surface area contributed by atoms with Gasteiger partial charge in [-0.2, -0.15) is 0 Å². The van der Waals surface area contributed by atoms with E-state index in [9.17, 15) is 14.7 Å². The van der Waals surface area contributed by atoms with Crippen molar-refractivity contribution in [2.45, 2.75) is 57.6 Å². The van der Waals surface area contributed by atoms with Gasteiger partial charge in [-0.15, -0.1) is 0 Å². The predicted molar refractivity (Wildman–Crippen MR) is 93.2 cm³/mol. The van der Waals surface area contributed by atoms with Gasteiger partial charge in [0.2, 0.25) is 11.8 Å². The van der Waals surface area contributed by atoms with E-state index in [-0.39, 0.29) is 18.2 Å². The molecule has 5 heteroatoms. The average molecular weight is 332 g/mol. The minimum absolute atomic E-state index is 0.0439. The van der Waals surface area contributed by atoms with E-state index in [4.69, 9.17) is 0 Å². The molecule has 2 amide bonds. The lowest BCUT2D eigenvalue weighted by molar-refractivity contribution is -0.130. The maximum atomic E-state index is 12.0. The zero-order valence-electron chi connectivity index (χ0n) is 14.5. The van der Waals surface area contributed by atoms with Crippen molar-refractivity contribution < 1.29 is 14.7 Å². The molecule has 0 aromatic heterocycles. The number of nitrogens with zero attached hydrogens (tertiary/aromatic N) is 1. The van der Waals surface area contributed by atoms with Crippen LogP contribution in [0.15, 0.2) is 30.3 Å². The van der Waals surface area contributed by atoms with Gasteiger partial charge in [0.25, 0.3) is 0 Å². The van der Waals surface area contributed by atoms with Crippen molar-refractivity contribution in [1.82, 2.24) is 10.2 Å². The Balaban J connectivity index is 1.76. The lowest BCUT2D eigenvalue weighted by Crippen LogP contribution is -2.44. The topological polar surface area (TPSA) is 69.6 Å². The largest absolute Gasteiger partial charge is 0.388 e. The summed E-state index contributed by atoms with van der Waals surface area (Å²) < 4.78 is 0. The van der Waals surface area contributed by atoms with Crippen molar-refractivity contribution >= 4 is 11.8 Å². The zero-order chi connectivity index (χ0) is 17.4. The molecule has 2 N–H and O–H groups in total. The molecule has 0 spiro atoms. The first kappa shape index (κ1) is 18.5. The molecule has 0 atom stereocenters. The molecule has 1 saturated carbocycles. The molecular formula is C19H28N2O3. The van der Waals surface area contributed by atoms with Crippen molar-refractivity contribution in [3.63, 3.8) is 0 Å². The second-order valence-corrected chi connectivity index (χ2v) is 6.74. The molecule has 0 unspecified atom stereocenters. The summed E-state index contributed by atoms with van der Waals surface area (Å²) in [6.45, 7) is 2.72. The minimum Gasteiger partial charge on any atom is -0.388 e. The SMILES string of the molecule is CC(=O)N(CCC(=O)NCC1(O)CCCCC1)Cc1ccccc1. The van der Waals surface area contributed by atoms with Crippen molar-refractivity contribution in [1.29, 1.82) is 0 Å². The molecule has 5 nitrogen and oxygen atoms in total. The van der Waals surface area contributed by atoms with E-state index in [0.29, 0.717) is 19.6 Å². The summed E-state index contributed by atoms with van der Waals surface area (Å²) >= 11 is 0. The minimum atomic E-state index is -0.752. The van der Waals surface area contributed by atoms with Crippen LogP contribution in [-0.2, 0) is 16.1 Å². The van der Waals surface area contributed by atoms with Crippen LogP contribution in [0.25, 0.3) is 0 Å². The standard InChI is InChI=1S/C19H28N2O3/c1-16(22)21(14-17-8-4-2-5-9-17)13-10-18(23)20-15-19(24)11-6-3-7-12-19/h2,4-5,8-9,24H,3,6-7,10-15H2,1H3,(H,20,23). The second-order valence-electron chi connectivity index (χ2n) is 6.74. The number of hydrogen-bond donors (Lipinski definition) is 2. The molecule has 0 saturated heterocycles. The Morgan fingerprint density at radius 1 is 1.17 bits per heavy atom. The Morgan fingerprint density at radius 2 is 1.83 bits per heavy atom. The molecule has 132 valence electrons. The van der Waals surface area contributed by atoms with Crippen molar-refractivity contribution in [3.05, 3.63) is 35.9 Å². The highest BCUT2D eigenvalue weighted by molar-refractivity contribution is 5.78. The number of nitrogens with one attached hydrogen (secondary N) is 1. The van der Waals surface area contributed by atoms with E-state index in [2.05, 4.69) is 5.32 Å². The zero-order valence-corrected chi connectivity index (χ0v) is 14.5. The third-order valence-electron chi connectivity index (χ3n) is 4.67. The van der Waals surface area contributed by atoms with Gasteiger partial charge >= 0.3 is 0 Å². The summed E-state index contributed by atoms with van der Waals surface area (Å²) in [5, 5.41) is 13.2. The molecule has 1 fully saturated rings. The van der Waals surface area contributed by atoms with Gasteiger partial charge in [0, 0.05) is 33.0 Å². The predicted octanol–water partition coefficient (Wildman–Crippen LogP) is 2.24. The first-order valence-corrected chi connectivity index (χ1v) is 8.77. The molecule has 0 heterocycles. The Morgan fingerprint density at radius 3 is 2.46 bits per heavy atom. The van der Waals surface area contributed by atoms with Crippen molar-refractivity contribution in [2.75, 3.05) is 13.1 Å². The van der Waals surface area contributed by atoms with Gasteiger partial charge in [0.1, 0.15) is 0 Å². The highest BCUT2D eigenvalue weighted by atomic mass is 16.3. The molecule has 1 aliphatic rings. The fourth-order valence-corrected chi connectivity index (χ4v) is 3.13. The fourth-order valence-electron chi connectivity index (χ4n) is 3.13. The molecule has 0 aliphatic heterocycles. The van der Waals surface area contributed by atoms with Crippen LogP contribution in [-0.4, -0.2) is 40.5 Å². The highest BCUT2D eigenvalue weighted by Gasteiger charge is 2.29. The summed E-state index contributed by atoms with van der Waals surface area (Å²) in [6, 6.07) is 9.74. The summed E-state index contributed by atoms with van der Waals surface area (Å²) in [7, 11) is 0. The Hall–Kier alpha value is -1.88. The van der Waals surface area contributed by atoms with Crippen LogP contribution in [0.3, 0.4) is 0 Å². The van der Waals surface area contributed by atoms with E-state index in [1.807, 2.05) is 30.3 Å². The number of aliphatic hydroxyl groups is 1. The second kappa shape index (κ2) is 8.83. The van der Waals surface area contributed by atoms with Crippen molar-refractivity contribution in [2.24, 2.45) is 0 Å². The monoisotopic (exact) mass is 332 g/mol. The van der Waals surface area contributed by atoms with Crippen molar-refractivity contribution in [3.8, 4) is 0 Å². The van der Waals surface area contributed by atoms with Crippen LogP contribution in [0.1, 0.15) is 51.0 Å². The number of carbonyl (C=O) groups is 2. The summed E-state index contributed by atoms with van der Waals surface area (Å²) in [4.78, 5) is 25.5. The molecule has 2 rings (SSSR count). The van der Waals surface area contributed by atoms with E-state index in [1.54, 1.807) is 4.90 Å². The maximum Gasteiger partial charge on any atom is 0.221 e. The average Bonchev–Trinajstić information content (AvgIpc) is 2.58. The highest BCUT2D eigenvalue weighted by Crippen LogP contribution is 2.27. The van der Waals surface area contributed by atoms with Gasteiger partial charge in [0.05, 0.1) is 5.60 Å². The van der Waals surface area contributed by atoms with E-state index in [0.717, 1.165) is 37.7 Å². The molecule has 0 bridgehead atoms. The van der Waals surface area contributed by atoms with Crippen LogP contribution in [0, 0.1) is 0 Å². The third kappa shape index (κ3) is 5.96. The molecular weight excluding hydrogens is 304 g/mol. The Bertz CT molecular complexity index is 539. The van der Waals surface area contributed by atoms with E-state index in [1.165, 1.54) is 6.92 Å². The Kier molecular flexibility index (Phi) is 6.79. The number of rotatable bonds is 7. The number of amides is 2. The first-order chi connectivity index (χ1) is 11.5. The normalized spacial score (nSPS) is 16.4. The quantitative estimate of drug-likeness (QED) is 0.804. The molecule has 0 radical (unpaired) electrons. The molecule has 1 aromatic carbocycles. The van der Waals surface area contributed by atoms with Crippen LogP contribution < -0.4 is 5.32 Å². The van der Waals surface area contributed by atoms with Gasteiger partial charge in [-0.3, -0.25) is 9.59 Å². The van der Waals surface area contributed by atoms with Crippen LogP contribution in [0.4, 0.5) is 0 Å². The van der Waals surface area contributed by atoms with Gasteiger partial charge in [0.15, 0.2) is 0 Å². The summed E-state index contributed by atoms with van der Waals surface area (Å²) in [5.41, 5.74) is 0.294. The lowest BCUT2D eigenvalue weighted by atomic mass is 9.85. The lowest BCUT2D eigenvalue weighted by Gasteiger charge is -2.32. The fraction of sp³-hybridized carbons (Fsp3) is 0.579. The van der Waals surface area contributed by atoms with Gasteiger partial charge in [-0.25, -0.2) is 0 Å². The summed E-state index contributed by atoms with van der Waals surface area (Å²) in [6.07, 6.45) is 4.94. The third-order valence-corrected chi connectivity index (χ3v) is 4.67. The summed E-state index contributed by atoms with van der Waals surface area (Å²) in [5.74, 6) is -0.161. The van der Waals surface area contributed by atoms with E-state index >= 15 is 0 Å². The van der Waals surface area contributed by atoms with Crippen LogP contribution in [0.2, 0.25) is 0 Å². The van der Waals surface area contributed by atoms with E-state index < -0.39 is 5.60 Å². The molecule has 1 aromatic rings. The first-order valence-electron chi connectivity index (χ1n) is 8.77. The van der Waals surface area contributed by atoms with Crippen LogP contribution in [0.5, 0.6) is 0 Å².